The van der Waals surface area contributed by atoms with Gasteiger partial charge in [0.05, 0.1) is 24.7 Å². The third-order valence-corrected chi connectivity index (χ3v) is 4.08. The van der Waals surface area contributed by atoms with E-state index in [1.807, 2.05) is 17.5 Å². The second-order valence-corrected chi connectivity index (χ2v) is 5.70. The second kappa shape index (κ2) is 6.45. The summed E-state index contributed by atoms with van der Waals surface area (Å²) in [6.07, 6.45) is 1.75. The fraction of sp³-hybridized carbons (Fsp3) is 0.154. The number of nitriles is 1. The Labute approximate surface area is 123 Å². The molecular formula is C13H10BrN3OS. The Kier molecular flexibility index (Phi) is 4.66. The first kappa shape index (κ1) is 13.7. The maximum atomic E-state index is 12.0. The van der Waals surface area contributed by atoms with Crippen molar-refractivity contribution in [3.8, 4) is 6.07 Å². The SMILES string of the molecule is N#CCc1cc(C(=O)NCc2cc(Br)cs2)ccn1. The first-order valence-corrected chi connectivity index (χ1v) is 7.19. The monoisotopic (exact) mass is 335 g/mol. The Balaban J connectivity index is 2.00. The van der Waals surface area contributed by atoms with Gasteiger partial charge in [0.25, 0.3) is 5.91 Å². The van der Waals surface area contributed by atoms with Crippen molar-refractivity contribution in [2.24, 2.45) is 0 Å². The summed E-state index contributed by atoms with van der Waals surface area (Å²) < 4.78 is 1.02. The van der Waals surface area contributed by atoms with E-state index in [4.69, 9.17) is 5.26 Å². The number of thiophene rings is 1. The molecule has 0 unspecified atom stereocenters. The average Bonchev–Trinajstić information content (AvgIpc) is 2.82. The van der Waals surface area contributed by atoms with Crippen LogP contribution in [0, 0.1) is 11.3 Å². The lowest BCUT2D eigenvalue weighted by atomic mass is 10.2. The van der Waals surface area contributed by atoms with E-state index in [1.165, 1.54) is 0 Å². The predicted octanol–water partition coefficient (Wildman–Crippen LogP) is 2.90. The number of hydrogen-bond donors (Lipinski definition) is 1. The van der Waals surface area contributed by atoms with E-state index in [0.717, 1.165) is 9.35 Å². The number of aromatic nitrogens is 1. The molecule has 0 fully saturated rings. The van der Waals surface area contributed by atoms with Crippen LogP contribution in [0.5, 0.6) is 0 Å². The highest BCUT2D eigenvalue weighted by molar-refractivity contribution is 9.10. The number of rotatable bonds is 4. The van der Waals surface area contributed by atoms with Crippen LogP contribution >= 0.6 is 27.3 Å². The van der Waals surface area contributed by atoms with Crippen LogP contribution in [0.25, 0.3) is 0 Å². The highest BCUT2D eigenvalue weighted by Gasteiger charge is 2.07. The lowest BCUT2D eigenvalue weighted by Crippen LogP contribution is -2.22. The molecule has 96 valence electrons. The molecule has 19 heavy (non-hydrogen) atoms. The number of pyridine rings is 1. The van der Waals surface area contributed by atoms with Gasteiger partial charge in [-0.2, -0.15) is 5.26 Å². The van der Waals surface area contributed by atoms with E-state index in [0.29, 0.717) is 17.8 Å². The van der Waals surface area contributed by atoms with Gasteiger partial charge in [-0.05, 0) is 34.1 Å². The molecule has 0 bridgehead atoms. The lowest BCUT2D eigenvalue weighted by Gasteiger charge is -2.04. The summed E-state index contributed by atoms with van der Waals surface area (Å²) in [6, 6.07) is 7.27. The molecule has 0 aliphatic rings. The number of nitrogens with one attached hydrogen (secondary N) is 1. The van der Waals surface area contributed by atoms with Crippen LogP contribution < -0.4 is 5.32 Å². The molecule has 2 rings (SSSR count). The summed E-state index contributed by atoms with van der Waals surface area (Å²) in [7, 11) is 0. The molecule has 4 nitrogen and oxygen atoms in total. The van der Waals surface area contributed by atoms with Crippen LogP contribution in [0.15, 0.2) is 34.2 Å². The molecule has 0 aliphatic heterocycles. The standard InChI is InChI=1S/C13H10BrN3OS/c14-10-6-12(19-8-10)7-17-13(18)9-2-4-16-11(5-9)1-3-15/h2,4-6,8H,1,7H2,(H,17,18). The summed E-state index contributed by atoms with van der Waals surface area (Å²) in [5.74, 6) is -0.161. The molecular weight excluding hydrogens is 326 g/mol. The normalized spacial score (nSPS) is 9.89. The highest BCUT2D eigenvalue weighted by atomic mass is 79.9. The van der Waals surface area contributed by atoms with Crippen LogP contribution in [-0.2, 0) is 13.0 Å². The molecule has 0 saturated carbocycles. The number of halogens is 1. The molecule has 1 amide bonds. The van der Waals surface area contributed by atoms with Gasteiger partial charge in [0.1, 0.15) is 0 Å². The average molecular weight is 336 g/mol. The first-order valence-electron chi connectivity index (χ1n) is 5.52. The molecule has 0 atom stereocenters. The largest absolute Gasteiger partial charge is 0.347 e. The summed E-state index contributed by atoms with van der Waals surface area (Å²) in [5, 5.41) is 13.4. The topological polar surface area (TPSA) is 65.8 Å². The number of carbonyl (C=O) groups is 1. The zero-order valence-electron chi connectivity index (χ0n) is 9.89. The van der Waals surface area contributed by atoms with Crippen molar-refractivity contribution in [3.05, 3.63) is 50.4 Å². The van der Waals surface area contributed by atoms with E-state index in [9.17, 15) is 4.79 Å². The van der Waals surface area contributed by atoms with Gasteiger partial charge in [-0.15, -0.1) is 11.3 Å². The van der Waals surface area contributed by atoms with Crippen LogP contribution in [0.3, 0.4) is 0 Å². The third-order valence-electron chi connectivity index (χ3n) is 2.38. The quantitative estimate of drug-likeness (QED) is 0.934. The molecule has 0 aromatic carbocycles. The van der Waals surface area contributed by atoms with Gasteiger partial charge >= 0.3 is 0 Å². The van der Waals surface area contributed by atoms with Crippen LogP contribution in [0.4, 0.5) is 0 Å². The minimum Gasteiger partial charge on any atom is -0.347 e. The summed E-state index contributed by atoms with van der Waals surface area (Å²) >= 11 is 4.95. The Bertz CT molecular complexity index is 633. The maximum absolute atomic E-state index is 12.0. The van der Waals surface area contributed by atoms with Crippen molar-refractivity contribution in [1.82, 2.24) is 10.3 Å². The van der Waals surface area contributed by atoms with Gasteiger partial charge in [0.15, 0.2) is 0 Å². The second-order valence-electron chi connectivity index (χ2n) is 3.78. The fourth-order valence-corrected chi connectivity index (χ4v) is 2.90. The van der Waals surface area contributed by atoms with Crippen molar-refractivity contribution in [2.75, 3.05) is 0 Å². The number of nitrogens with zero attached hydrogens (tertiary/aromatic N) is 2. The Morgan fingerprint density at radius 3 is 3.05 bits per heavy atom. The highest BCUT2D eigenvalue weighted by Crippen LogP contribution is 2.19. The Morgan fingerprint density at radius 2 is 2.37 bits per heavy atom. The molecule has 0 spiro atoms. The zero-order valence-corrected chi connectivity index (χ0v) is 12.3. The van der Waals surface area contributed by atoms with Crippen LogP contribution in [0.2, 0.25) is 0 Å². The van der Waals surface area contributed by atoms with Gasteiger partial charge < -0.3 is 5.32 Å². The van der Waals surface area contributed by atoms with Gasteiger partial charge in [-0.1, -0.05) is 0 Å². The zero-order chi connectivity index (χ0) is 13.7. The number of hydrogen-bond acceptors (Lipinski definition) is 4. The third kappa shape index (κ3) is 3.88. The van der Waals surface area contributed by atoms with Crippen LogP contribution in [0.1, 0.15) is 20.9 Å². The predicted molar refractivity (Wildman–Crippen MR) is 76.7 cm³/mol. The molecule has 0 aliphatic carbocycles. The van der Waals surface area contributed by atoms with E-state index < -0.39 is 0 Å². The van der Waals surface area contributed by atoms with Crippen molar-refractivity contribution in [1.29, 1.82) is 5.26 Å². The molecule has 2 aromatic rings. The molecule has 2 aromatic heterocycles. The summed E-state index contributed by atoms with van der Waals surface area (Å²) in [6.45, 7) is 0.491. The maximum Gasteiger partial charge on any atom is 0.251 e. The van der Waals surface area contributed by atoms with E-state index in [1.54, 1.807) is 29.7 Å². The van der Waals surface area contributed by atoms with Crippen LogP contribution in [-0.4, -0.2) is 10.9 Å². The number of carbonyl (C=O) groups excluding carboxylic acids is 1. The smallest absolute Gasteiger partial charge is 0.251 e. The Morgan fingerprint density at radius 1 is 1.53 bits per heavy atom. The minimum absolute atomic E-state index is 0.161. The molecule has 1 N–H and O–H groups in total. The first-order chi connectivity index (χ1) is 9.19. The van der Waals surface area contributed by atoms with Crippen molar-refractivity contribution < 1.29 is 4.79 Å². The summed E-state index contributed by atoms with van der Waals surface area (Å²) in [4.78, 5) is 17.1. The molecule has 6 heteroatoms. The van der Waals surface area contributed by atoms with Crippen molar-refractivity contribution >= 4 is 33.2 Å². The Hall–Kier alpha value is -1.71. The fourth-order valence-electron chi connectivity index (χ4n) is 1.51. The van der Waals surface area contributed by atoms with Gasteiger partial charge in [-0.25, -0.2) is 0 Å². The summed E-state index contributed by atoms with van der Waals surface area (Å²) in [5.41, 5.74) is 1.13. The van der Waals surface area contributed by atoms with Gasteiger partial charge in [0, 0.05) is 26.5 Å². The molecule has 2 heterocycles. The van der Waals surface area contributed by atoms with Crippen molar-refractivity contribution in [2.45, 2.75) is 13.0 Å². The molecule has 0 saturated heterocycles. The lowest BCUT2D eigenvalue weighted by molar-refractivity contribution is 0.0951. The van der Waals surface area contributed by atoms with Gasteiger partial charge in [0.2, 0.25) is 0 Å². The number of amides is 1. The van der Waals surface area contributed by atoms with E-state index in [-0.39, 0.29) is 12.3 Å². The van der Waals surface area contributed by atoms with Gasteiger partial charge in [-0.3, -0.25) is 9.78 Å². The van der Waals surface area contributed by atoms with E-state index in [2.05, 4.69) is 26.2 Å². The minimum atomic E-state index is -0.161. The van der Waals surface area contributed by atoms with E-state index >= 15 is 0 Å². The van der Waals surface area contributed by atoms with Crippen molar-refractivity contribution in [3.63, 3.8) is 0 Å². The molecule has 0 radical (unpaired) electrons.